The molecule has 2 rings (SSSR count). The van der Waals surface area contributed by atoms with Crippen molar-refractivity contribution in [1.29, 1.82) is 0 Å². The molecule has 2 aromatic heterocycles. The van der Waals surface area contributed by atoms with Crippen molar-refractivity contribution >= 4 is 11.6 Å². The topological polar surface area (TPSA) is 67.9 Å². The van der Waals surface area contributed by atoms with Crippen molar-refractivity contribution in [2.75, 3.05) is 24.7 Å². The van der Waals surface area contributed by atoms with Crippen LogP contribution in [0.3, 0.4) is 0 Å². The lowest BCUT2D eigenvalue weighted by Gasteiger charge is -2.15. The van der Waals surface area contributed by atoms with Gasteiger partial charge in [-0.2, -0.15) is 0 Å². The molecule has 0 saturated heterocycles. The first kappa shape index (κ1) is 12.3. The van der Waals surface area contributed by atoms with Gasteiger partial charge in [-0.3, -0.25) is 4.98 Å². The second kappa shape index (κ2) is 4.60. The number of hydrogen-bond donors (Lipinski definition) is 1. The Hall–Kier alpha value is -2.17. The number of aryl methyl sites for hydroxylation is 1. The maximum Gasteiger partial charge on any atom is 0.225 e. The second-order valence-electron chi connectivity index (χ2n) is 4.48. The molecule has 0 aromatic carbocycles. The maximum absolute atomic E-state index is 5.77. The van der Waals surface area contributed by atoms with E-state index < -0.39 is 0 Å². The van der Waals surface area contributed by atoms with Crippen LogP contribution in [0.1, 0.15) is 11.3 Å². The van der Waals surface area contributed by atoms with Gasteiger partial charge in [0, 0.05) is 37.7 Å². The van der Waals surface area contributed by atoms with Crippen LogP contribution in [0.15, 0.2) is 18.5 Å². The number of nitrogens with zero attached hydrogens (tertiary/aromatic N) is 4. The van der Waals surface area contributed by atoms with Gasteiger partial charge < -0.3 is 10.6 Å². The Balaban J connectivity index is 2.63. The van der Waals surface area contributed by atoms with E-state index in [1.807, 2.05) is 38.9 Å². The van der Waals surface area contributed by atoms with E-state index in [-0.39, 0.29) is 0 Å². The van der Waals surface area contributed by atoms with Gasteiger partial charge in [0.25, 0.3) is 0 Å². The van der Waals surface area contributed by atoms with Crippen LogP contribution in [0.5, 0.6) is 0 Å². The van der Waals surface area contributed by atoms with Gasteiger partial charge in [0.1, 0.15) is 0 Å². The van der Waals surface area contributed by atoms with Crippen LogP contribution in [0, 0.1) is 13.8 Å². The van der Waals surface area contributed by atoms with E-state index >= 15 is 0 Å². The van der Waals surface area contributed by atoms with Gasteiger partial charge in [-0.1, -0.05) is 0 Å². The van der Waals surface area contributed by atoms with Gasteiger partial charge in [0.05, 0.1) is 11.4 Å². The summed E-state index contributed by atoms with van der Waals surface area (Å²) >= 11 is 0. The fraction of sp³-hybridized carbons (Fsp3) is 0.308. The van der Waals surface area contributed by atoms with Gasteiger partial charge in [0.2, 0.25) is 5.95 Å². The first-order valence-electron chi connectivity index (χ1n) is 5.72. The molecule has 0 atom stereocenters. The highest BCUT2D eigenvalue weighted by molar-refractivity contribution is 5.67. The average Bonchev–Trinajstić information content (AvgIpc) is 2.32. The van der Waals surface area contributed by atoms with E-state index in [0.29, 0.717) is 11.6 Å². The number of nitrogen functional groups attached to an aromatic ring is 1. The first-order valence-corrected chi connectivity index (χ1v) is 5.72. The predicted octanol–water partition coefficient (Wildman–Crippen LogP) is 1.80. The fourth-order valence-corrected chi connectivity index (χ4v) is 1.68. The van der Waals surface area contributed by atoms with Crippen molar-refractivity contribution < 1.29 is 0 Å². The molecule has 0 unspecified atom stereocenters. The minimum absolute atomic E-state index is 0.634. The Morgan fingerprint density at radius 2 is 1.83 bits per heavy atom. The summed E-state index contributed by atoms with van der Waals surface area (Å²) in [6.45, 7) is 3.99. The molecule has 0 aliphatic heterocycles. The Morgan fingerprint density at radius 1 is 1.11 bits per heavy atom. The molecule has 0 bridgehead atoms. The van der Waals surface area contributed by atoms with Crippen LogP contribution in [-0.4, -0.2) is 29.0 Å². The number of aromatic nitrogens is 3. The molecule has 0 spiro atoms. The van der Waals surface area contributed by atoms with Crippen LogP contribution in [0.2, 0.25) is 0 Å². The Kier molecular flexibility index (Phi) is 3.14. The molecule has 0 aliphatic carbocycles. The van der Waals surface area contributed by atoms with E-state index in [1.165, 1.54) is 0 Å². The van der Waals surface area contributed by atoms with Gasteiger partial charge in [-0.25, -0.2) is 9.97 Å². The summed E-state index contributed by atoms with van der Waals surface area (Å²) in [5, 5.41) is 0. The fourth-order valence-electron chi connectivity index (χ4n) is 1.68. The SMILES string of the molecule is Cc1nc(N(C)C)nc(-c2cncc(N)c2)c1C. The van der Waals surface area contributed by atoms with E-state index in [9.17, 15) is 0 Å². The summed E-state index contributed by atoms with van der Waals surface area (Å²) in [5.74, 6) is 0.690. The largest absolute Gasteiger partial charge is 0.397 e. The minimum atomic E-state index is 0.634. The Labute approximate surface area is 107 Å². The molecule has 5 nitrogen and oxygen atoms in total. The summed E-state index contributed by atoms with van der Waals surface area (Å²) in [7, 11) is 3.84. The number of hydrogen-bond acceptors (Lipinski definition) is 5. The second-order valence-corrected chi connectivity index (χ2v) is 4.48. The number of nitrogens with two attached hydrogens (primary N) is 1. The summed E-state index contributed by atoms with van der Waals surface area (Å²) in [6.07, 6.45) is 3.39. The third kappa shape index (κ3) is 2.25. The molecule has 0 amide bonds. The lowest BCUT2D eigenvalue weighted by Crippen LogP contribution is -2.14. The molecular formula is C13H17N5. The highest BCUT2D eigenvalue weighted by atomic mass is 15.2. The van der Waals surface area contributed by atoms with Crippen molar-refractivity contribution in [3.63, 3.8) is 0 Å². The van der Waals surface area contributed by atoms with Gasteiger partial charge in [-0.05, 0) is 25.5 Å². The third-order valence-corrected chi connectivity index (χ3v) is 2.81. The minimum Gasteiger partial charge on any atom is -0.397 e. The zero-order chi connectivity index (χ0) is 13.3. The zero-order valence-electron chi connectivity index (χ0n) is 11.1. The standard InChI is InChI=1S/C13H17N5/c1-8-9(2)16-13(18(3)4)17-12(8)10-5-11(14)7-15-6-10/h5-7H,14H2,1-4H3. The van der Waals surface area contributed by atoms with Crippen molar-refractivity contribution in [3.8, 4) is 11.3 Å². The molecule has 0 saturated carbocycles. The Morgan fingerprint density at radius 3 is 2.44 bits per heavy atom. The number of rotatable bonds is 2. The van der Waals surface area contributed by atoms with Crippen LogP contribution >= 0.6 is 0 Å². The predicted molar refractivity (Wildman–Crippen MR) is 73.5 cm³/mol. The quantitative estimate of drug-likeness (QED) is 0.871. The molecule has 0 fully saturated rings. The Bertz CT molecular complexity index is 578. The van der Waals surface area contributed by atoms with Gasteiger partial charge in [-0.15, -0.1) is 0 Å². The van der Waals surface area contributed by atoms with Gasteiger partial charge in [0.15, 0.2) is 0 Å². The smallest absolute Gasteiger partial charge is 0.225 e. The normalized spacial score (nSPS) is 10.4. The summed E-state index contributed by atoms with van der Waals surface area (Å²) in [6, 6.07) is 1.88. The monoisotopic (exact) mass is 243 g/mol. The summed E-state index contributed by atoms with van der Waals surface area (Å²) < 4.78 is 0. The van der Waals surface area contributed by atoms with Crippen LogP contribution < -0.4 is 10.6 Å². The highest BCUT2D eigenvalue weighted by Crippen LogP contribution is 2.25. The average molecular weight is 243 g/mol. The van der Waals surface area contributed by atoms with Crippen molar-refractivity contribution in [2.45, 2.75) is 13.8 Å². The van der Waals surface area contributed by atoms with Crippen molar-refractivity contribution in [1.82, 2.24) is 15.0 Å². The van der Waals surface area contributed by atoms with E-state index in [4.69, 9.17) is 5.73 Å². The molecule has 2 N–H and O–H groups in total. The molecule has 2 heterocycles. The molecular weight excluding hydrogens is 226 g/mol. The van der Waals surface area contributed by atoms with Crippen LogP contribution in [0.4, 0.5) is 11.6 Å². The summed E-state index contributed by atoms with van der Waals surface area (Å²) in [4.78, 5) is 15.0. The lowest BCUT2D eigenvalue weighted by molar-refractivity contribution is 0.966. The maximum atomic E-state index is 5.77. The molecule has 5 heteroatoms. The molecule has 18 heavy (non-hydrogen) atoms. The molecule has 94 valence electrons. The van der Waals surface area contributed by atoms with E-state index in [1.54, 1.807) is 12.4 Å². The molecule has 0 aliphatic rings. The number of pyridine rings is 1. The zero-order valence-corrected chi connectivity index (χ0v) is 11.1. The third-order valence-electron chi connectivity index (χ3n) is 2.81. The summed E-state index contributed by atoms with van der Waals surface area (Å²) in [5.41, 5.74) is 10.2. The molecule has 2 aromatic rings. The highest BCUT2D eigenvalue weighted by Gasteiger charge is 2.11. The van der Waals surface area contributed by atoms with Gasteiger partial charge >= 0.3 is 0 Å². The number of anilines is 2. The van der Waals surface area contributed by atoms with Crippen LogP contribution in [-0.2, 0) is 0 Å². The van der Waals surface area contributed by atoms with E-state index in [0.717, 1.165) is 22.5 Å². The first-order chi connectivity index (χ1) is 8.49. The lowest BCUT2D eigenvalue weighted by atomic mass is 10.1. The molecule has 0 radical (unpaired) electrons. The van der Waals surface area contributed by atoms with Crippen molar-refractivity contribution in [2.24, 2.45) is 0 Å². The van der Waals surface area contributed by atoms with E-state index in [2.05, 4.69) is 15.0 Å². The van der Waals surface area contributed by atoms with Crippen LogP contribution in [0.25, 0.3) is 11.3 Å². The van der Waals surface area contributed by atoms with Crippen molar-refractivity contribution in [3.05, 3.63) is 29.7 Å².